The molecule has 0 atom stereocenters. The fourth-order valence-corrected chi connectivity index (χ4v) is 1.73. The van der Waals surface area contributed by atoms with Gasteiger partial charge in [0.1, 0.15) is 18.0 Å². The molecule has 96 valence electrons. The fraction of sp³-hybridized carbons (Fsp3) is 0.636. The van der Waals surface area contributed by atoms with Crippen molar-refractivity contribution in [1.29, 1.82) is 0 Å². The van der Waals surface area contributed by atoms with Crippen LogP contribution in [-0.2, 0) is 11.2 Å². The van der Waals surface area contributed by atoms with E-state index < -0.39 is 0 Å². The molecule has 1 heterocycles. The van der Waals surface area contributed by atoms with Gasteiger partial charge in [0, 0.05) is 32.9 Å². The van der Waals surface area contributed by atoms with Crippen molar-refractivity contribution in [1.82, 2.24) is 9.97 Å². The Morgan fingerprint density at radius 3 is 2.82 bits per heavy atom. The molecule has 0 aliphatic rings. The number of anilines is 2. The van der Waals surface area contributed by atoms with Gasteiger partial charge in [0.15, 0.2) is 0 Å². The molecule has 0 radical (unpaired) electrons. The van der Waals surface area contributed by atoms with E-state index in [-0.39, 0.29) is 0 Å². The van der Waals surface area contributed by atoms with Crippen LogP contribution in [0.1, 0.15) is 18.9 Å². The normalized spacial score (nSPS) is 10.4. The maximum atomic E-state index is 5.44. The summed E-state index contributed by atoms with van der Waals surface area (Å²) >= 11 is 0. The van der Waals surface area contributed by atoms with Crippen LogP contribution in [-0.4, -0.2) is 37.3 Å². The maximum absolute atomic E-state index is 5.44. The Balaban J connectivity index is 2.81. The average Bonchev–Trinajstić information content (AvgIpc) is 2.37. The van der Waals surface area contributed by atoms with Crippen molar-refractivity contribution in [2.45, 2.75) is 19.8 Å². The molecule has 17 heavy (non-hydrogen) atoms. The third kappa shape index (κ3) is 3.54. The minimum atomic E-state index is 0.691. The summed E-state index contributed by atoms with van der Waals surface area (Å²) in [5, 5.41) is 0. The summed E-state index contributed by atoms with van der Waals surface area (Å²) in [5.74, 6) is 7.05. The summed E-state index contributed by atoms with van der Waals surface area (Å²) < 4.78 is 5.04. The largest absolute Gasteiger partial charge is 0.385 e. The first-order valence-corrected chi connectivity index (χ1v) is 5.75. The summed E-state index contributed by atoms with van der Waals surface area (Å²) in [7, 11) is 3.72. The molecule has 0 spiro atoms. The van der Waals surface area contributed by atoms with Gasteiger partial charge in [0.05, 0.1) is 0 Å². The van der Waals surface area contributed by atoms with Gasteiger partial charge in [-0.3, -0.25) is 0 Å². The number of nitrogens with zero attached hydrogens (tertiary/aromatic N) is 3. The van der Waals surface area contributed by atoms with E-state index in [9.17, 15) is 0 Å². The van der Waals surface area contributed by atoms with Gasteiger partial charge in [-0.25, -0.2) is 15.8 Å². The molecule has 0 saturated carbocycles. The van der Waals surface area contributed by atoms with Crippen molar-refractivity contribution in [3.63, 3.8) is 0 Å². The zero-order valence-corrected chi connectivity index (χ0v) is 10.7. The first kappa shape index (κ1) is 13.7. The molecule has 6 heteroatoms. The number of rotatable bonds is 7. The first-order chi connectivity index (χ1) is 8.24. The van der Waals surface area contributed by atoms with Crippen molar-refractivity contribution >= 4 is 11.6 Å². The predicted octanol–water partition coefficient (Wildman–Crippen LogP) is 0.797. The number of hydrogen-bond donors (Lipinski definition) is 2. The van der Waals surface area contributed by atoms with Crippen LogP contribution in [0.15, 0.2) is 6.33 Å². The van der Waals surface area contributed by atoms with Gasteiger partial charge in [-0.2, -0.15) is 0 Å². The van der Waals surface area contributed by atoms with E-state index in [0.717, 1.165) is 37.4 Å². The fourth-order valence-electron chi connectivity index (χ4n) is 1.73. The highest BCUT2D eigenvalue weighted by atomic mass is 16.5. The van der Waals surface area contributed by atoms with Gasteiger partial charge < -0.3 is 15.1 Å². The van der Waals surface area contributed by atoms with Crippen LogP contribution in [0.3, 0.4) is 0 Å². The van der Waals surface area contributed by atoms with E-state index in [0.29, 0.717) is 5.82 Å². The number of ether oxygens (including phenoxy) is 1. The van der Waals surface area contributed by atoms with Crippen LogP contribution in [0.25, 0.3) is 0 Å². The van der Waals surface area contributed by atoms with Crippen molar-refractivity contribution in [3.8, 4) is 0 Å². The Morgan fingerprint density at radius 2 is 2.24 bits per heavy atom. The zero-order valence-electron chi connectivity index (χ0n) is 10.7. The summed E-state index contributed by atoms with van der Waals surface area (Å²) in [6, 6.07) is 0. The molecule has 1 aromatic heterocycles. The van der Waals surface area contributed by atoms with Crippen molar-refractivity contribution in [3.05, 3.63) is 11.9 Å². The molecule has 1 aromatic rings. The molecule has 6 nitrogen and oxygen atoms in total. The SMILES string of the molecule is CCc1c(NN)ncnc1N(C)CCCOC. The van der Waals surface area contributed by atoms with Crippen molar-refractivity contribution in [2.75, 3.05) is 37.6 Å². The number of nitrogen functional groups attached to an aromatic ring is 1. The molecule has 0 aliphatic heterocycles. The lowest BCUT2D eigenvalue weighted by atomic mass is 10.2. The lowest BCUT2D eigenvalue weighted by Crippen LogP contribution is -2.23. The van der Waals surface area contributed by atoms with E-state index in [1.165, 1.54) is 6.33 Å². The van der Waals surface area contributed by atoms with Gasteiger partial charge in [-0.1, -0.05) is 6.92 Å². The average molecular weight is 239 g/mol. The summed E-state index contributed by atoms with van der Waals surface area (Å²) in [4.78, 5) is 10.5. The highest BCUT2D eigenvalue weighted by Crippen LogP contribution is 2.22. The molecule has 0 bridgehead atoms. The number of hydrogen-bond acceptors (Lipinski definition) is 6. The zero-order chi connectivity index (χ0) is 12.7. The first-order valence-electron chi connectivity index (χ1n) is 5.75. The smallest absolute Gasteiger partial charge is 0.148 e. The van der Waals surface area contributed by atoms with E-state index in [1.807, 2.05) is 7.05 Å². The Bertz CT molecular complexity index is 345. The lowest BCUT2D eigenvalue weighted by molar-refractivity contribution is 0.196. The monoisotopic (exact) mass is 239 g/mol. The van der Waals surface area contributed by atoms with Crippen molar-refractivity contribution in [2.24, 2.45) is 5.84 Å². The Labute approximate surface area is 102 Å². The number of hydrazine groups is 1. The second-order valence-electron chi connectivity index (χ2n) is 3.79. The van der Waals surface area contributed by atoms with Crippen LogP contribution in [0, 0.1) is 0 Å². The summed E-state index contributed by atoms with van der Waals surface area (Å²) in [5.41, 5.74) is 3.64. The van der Waals surface area contributed by atoms with Crippen LogP contribution in [0.5, 0.6) is 0 Å². The third-order valence-electron chi connectivity index (χ3n) is 2.62. The molecule has 0 unspecified atom stereocenters. The van der Waals surface area contributed by atoms with Gasteiger partial charge in [-0.15, -0.1) is 0 Å². The number of methoxy groups -OCH3 is 1. The Hall–Kier alpha value is -1.40. The minimum absolute atomic E-state index is 0.691. The van der Waals surface area contributed by atoms with Crippen LogP contribution in [0.2, 0.25) is 0 Å². The summed E-state index contributed by atoms with van der Waals surface area (Å²) in [6.07, 6.45) is 3.33. The van der Waals surface area contributed by atoms with Crippen molar-refractivity contribution < 1.29 is 4.74 Å². The third-order valence-corrected chi connectivity index (χ3v) is 2.62. The van der Waals surface area contributed by atoms with E-state index in [2.05, 4.69) is 27.2 Å². The predicted molar refractivity (Wildman–Crippen MR) is 69.0 cm³/mol. The van der Waals surface area contributed by atoms with Gasteiger partial charge >= 0.3 is 0 Å². The lowest BCUT2D eigenvalue weighted by Gasteiger charge is -2.21. The van der Waals surface area contributed by atoms with Gasteiger partial charge in [-0.05, 0) is 12.8 Å². The van der Waals surface area contributed by atoms with Gasteiger partial charge in [0.25, 0.3) is 0 Å². The maximum Gasteiger partial charge on any atom is 0.148 e. The molecule has 3 N–H and O–H groups in total. The molecule has 1 rings (SSSR count). The Kier molecular flexibility index (Phi) is 5.65. The van der Waals surface area contributed by atoms with E-state index in [4.69, 9.17) is 10.6 Å². The topological polar surface area (TPSA) is 76.3 Å². The molecule has 0 amide bonds. The molecular formula is C11H21N5O. The van der Waals surface area contributed by atoms with E-state index >= 15 is 0 Å². The summed E-state index contributed by atoms with van der Waals surface area (Å²) in [6.45, 7) is 3.70. The number of nitrogens with one attached hydrogen (secondary N) is 1. The Morgan fingerprint density at radius 1 is 1.47 bits per heavy atom. The second-order valence-corrected chi connectivity index (χ2v) is 3.79. The molecule has 0 fully saturated rings. The number of nitrogens with two attached hydrogens (primary N) is 1. The quantitative estimate of drug-likeness (QED) is 0.416. The van der Waals surface area contributed by atoms with Gasteiger partial charge in [0.2, 0.25) is 0 Å². The molecule has 0 aliphatic carbocycles. The second kappa shape index (κ2) is 7.03. The van der Waals surface area contributed by atoms with E-state index in [1.54, 1.807) is 7.11 Å². The molecular weight excluding hydrogens is 218 g/mol. The van der Waals surface area contributed by atoms with Crippen LogP contribution >= 0.6 is 0 Å². The van der Waals surface area contributed by atoms with Crippen LogP contribution < -0.4 is 16.2 Å². The number of aromatic nitrogens is 2. The van der Waals surface area contributed by atoms with Crippen LogP contribution in [0.4, 0.5) is 11.6 Å². The highest BCUT2D eigenvalue weighted by molar-refractivity contribution is 5.57. The molecule has 0 aromatic carbocycles. The highest BCUT2D eigenvalue weighted by Gasteiger charge is 2.12. The minimum Gasteiger partial charge on any atom is -0.385 e. The molecule has 0 saturated heterocycles. The standard InChI is InChI=1S/C11H21N5O/c1-4-9-10(15-12)13-8-14-11(9)16(2)6-5-7-17-3/h8H,4-7,12H2,1-3H3,(H,13,14,15).